The van der Waals surface area contributed by atoms with Gasteiger partial charge in [-0.2, -0.15) is 0 Å². The quantitative estimate of drug-likeness (QED) is 0.167. The van der Waals surface area contributed by atoms with E-state index in [0.29, 0.717) is 23.6 Å². The summed E-state index contributed by atoms with van der Waals surface area (Å²) in [5.41, 5.74) is 12.5. The van der Waals surface area contributed by atoms with Gasteiger partial charge in [-0.05, 0) is 80.1 Å². The molecule has 6 aromatic carbocycles. The van der Waals surface area contributed by atoms with E-state index in [4.69, 9.17) is 15.0 Å². The number of benzene rings is 6. The SMILES string of the molecule is C1=CC2C=C(C3C=CC(c4cc(-c5cc6ccccc6c6ccccc56)nc(-c5ccc(-c6cnc7ccccc7c6)cc5)n4)=CC3)c3ccccc3C2C=C1. The van der Waals surface area contributed by atoms with Crippen LogP contribution in [-0.2, 0) is 0 Å². The number of para-hydroxylation sites is 1. The Morgan fingerprint density at radius 3 is 2.14 bits per heavy atom. The fourth-order valence-corrected chi connectivity index (χ4v) is 8.98. The Labute approximate surface area is 326 Å². The van der Waals surface area contributed by atoms with Crippen LogP contribution < -0.4 is 0 Å². The third kappa shape index (κ3) is 5.63. The molecule has 2 heterocycles. The lowest BCUT2D eigenvalue weighted by molar-refractivity contribution is 0.675. The molecular formula is C53H37N3. The van der Waals surface area contributed by atoms with Gasteiger partial charge in [0.05, 0.1) is 16.9 Å². The van der Waals surface area contributed by atoms with Gasteiger partial charge in [0.25, 0.3) is 0 Å². The maximum atomic E-state index is 5.32. The van der Waals surface area contributed by atoms with E-state index < -0.39 is 0 Å². The Kier molecular flexibility index (Phi) is 7.77. The first-order valence-electron chi connectivity index (χ1n) is 19.5. The minimum absolute atomic E-state index is 0.294. The van der Waals surface area contributed by atoms with Crippen LogP contribution in [0.5, 0.6) is 0 Å². The third-order valence-electron chi connectivity index (χ3n) is 11.8. The minimum atomic E-state index is 0.294. The average molecular weight is 716 g/mol. The highest BCUT2D eigenvalue weighted by molar-refractivity contribution is 6.13. The lowest BCUT2D eigenvalue weighted by atomic mass is 9.71. The van der Waals surface area contributed by atoms with Crippen LogP contribution in [0.3, 0.4) is 0 Å². The zero-order valence-electron chi connectivity index (χ0n) is 30.8. The van der Waals surface area contributed by atoms with Crippen molar-refractivity contribution in [3.63, 3.8) is 0 Å². The van der Waals surface area contributed by atoms with Crippen molar-refractivity contribution < 1.29 is 0 Å². The Balaban J connectivity index is 1.00. The highest BCUT2D eigenvalue weighted by Crippen LogP contribution is 2.46. The Hall–Kier alpha value is -6.97. The summed E-state index contributed by atoms with van der Waals surface area (Å²) in [5, 5.41) is 5.98. The standard InChI is InChI=1S/C53H37N3/c1-4-14-42-38(11-1)30-48(46-18-8-6-16-44(42)46)35-23-25-36(26-24-35)51-32-52(49-31-39-12-2-5-15-43(39)45-17-7-9-19-47(45)49)56-53(55-51)37-27-21-34(22-28-37)41-29-40-13-3-10-20-50(40)54-33-41/h1-23,25-33,35,38,42H,24H2. The predicted octanol–water partition coefficient (Wildman–Crippen LogP) is 13.2. The smallest absolute Gasteiger partial charge is 0.160 e. The van der Waals surface area contributed by atoms with Crippen LogP contribution >= 0.6 is 0 Å². The molecule has 0 spiro atoms. The molecule has 0 N–H and O–H groups in total. The van der Waals surface area contributed by atoms with Gasteiger partial charge in [-0.1, -0.05) is 164 Å². The van der Waals surface area contributed by atoms with E-state index in [-0.39, 0.29) is 0 Å². The first-order valence-corrected chi connectivity index (χ1v) is 19.5. The number of fused-ring (bicyclic) bond motifs is 7. The van der Waals surface area contributed by atoms with Crippen LogP contribution in [0.25, 0.3) is 77.4 Å². The highest BCUT2D eigenvalue weighted by Gasteiger charge is 2.30. The molecule has 264 valence electrons. The van der Waals surface area contributed by atoms with E-state index in [9.17, 15) is 0 Å². The van der Waals surface area contributed by atoms with E-state index in [1.165, 1.54) is 38.2 Å². The molecule has 0 aliphatic heterocycles. The lowest BCUT2D eigenvalue weighted by Crippen LogP contribution is -2.18. The monoisotopic (exact) mass is 715 g/mol. The molecule has 3 aliphatic carbocycles. The molecule has 3 unspecified atom stereocenters. The molecule has 56 heavy (non-hydrogen) atoms. The molecule has 11 rings (SSSR count). The second-order valence-corrected chi connectivity index (χ2v) is 15.1. The molecule has 3 nitrogen and oxygen atoms in total. The third-order valence-corrected chi connectivity index (χ3v) is 11.8. The maximum absolute atomic E-state index is 5.32. The van der Waals surface area contributed by atoms with E-state index in [1.54, 1.807) is 0 Å². The van der Waals surface area contributed by atoms with Gasteiger partial charge in [-0.25, -0.2) is 9.97 Å². The first kappa shape index (κ1) is 32.5. The molecular weight excluding hydrogens is 679 g/mol. The van der Waals surface area contributed by atoms with Crippen molar-refractivity contribution in [2.45, 2.75) is 12.3 Å². The molecule has 0 bridgehead atoms. The number of aromatic nitrogens is 3. The Morgan fingerprint density at radius 1 is 0.536 bits per heavy atom. The van der Waals surface area contributed by atoms with Gasteiger partial charge in [0.2, 0.25) is 0 Å². The van der Waals surface area contributed by atoms with Crippen molar-refractivity contribution >= 4 is 43.6 Å². The number of allylic oxidation sites excluding steroid dienone is 10. The largest absolute Gasteiger partial charge is 0.256 e. The van der Waals surface area contributed by atoms with Crippen LogP contribution in [0.4, 0.5) is 0 Å². The van der Waals surface area contributed by atoms with Crippen molar-refractivity contribution in [2.24, 2.45) is 11.8 Å². The van der Waals surface area contributed by atoms with Crippen molar-refractivity contribution in [1.82, 2.24) is 15.0 Å². The molecule has 0 radical (unpaired) electrons. The summed E-state index contributed by atoms with van der Waals surface area (Å²) in [7, 11) is 0. The van der Waals surface area contributed by atoms with Crippen molar-refractivity contribution in [1.29, 1.82) is 0 Å². The number of hydrogen-bond acceptors (Lipinski definition) is 3. The van der Waals surface area contributed by atoms with Gasteiger partial charge >= 0.3 is 0 Å². The summed E-state index contributed by atoms with van der Waals surface area (Å²) in [6, 6.07) is 49.8. The highest BCUT2D eigenvalue weighted by atomic mass is 14.9. The fraction of sp³-hybridized carbons (Fsp3) is 0.0755. The first-order chi connectivity index (χ1) is 27.7. The summed E-state index contributed by atoms with van der Waals surface area (Å²) >= 11 is 0. The fourth-order valence-electron chi connectivity index (χ4n) is 8.98. The molecule has 0 amide bonds. The maximum Gasteiger partial charge on any atom is 0.160 e. The normalized spacial score (nSPS) is 18.5. The van der Waals surface area contributed by atoms with Gasteiger partial charge < -0.3 is 0 Å². The van der Waals surface area contributed by atoms with Gasteiger partial charge in [0.1, 0.15) is 0 Å². The lowest BCUT2D eigenvalue weighted by Gasteiger charge is -2.33. The Bertz CT molecular complexity index is 3020. The minimum Gasteiger partial charge on any atom is -0.256 e. The molecule has 2 aromatic heterocycles. The van der Waals surface area contributed by atoms with Crippen LogP contribution in [-0.4, -0.2) is 15.0 Å². The van der Waals surface area contributed by atoms with Crippen LogP contribution in [0.2, 0.25) is 0 Å². The summed E-state index contributed by atoms with van der Waals surface area (Å²) in [6.45, 7) is 0. The number of hydrogen-bond donors (Lipinski definition) is 0. The number of pyridine rings is 1. The number of rotatable bonds is 5. The molecule has 3 aliphatic rings. The van der Waals surface area contributed by atoms with E-state index in [0.717, 1.165) is 56.5 Å². The molecule has 8 aromatic rings. The van der Waals surface area contributed by atoms with E-state index >= 15 is 0 Å². The summed E-state index contributed by atoms with van der Waals surface area (Å²) in [6.07, 6.45) is 21.5. The summed E-state index contributed by atoms with van der Waals surface area (Å²) in [4.78, 5) is 15.3. The van der Waals surface area contributed by atoms with E-state index in [2.05, 4.69) is 176 Å². The van der Waals surface area contributed by atoms with Crippen LogP contribution in [0.15, 0.2) is 194 Å². The van der Waals surface area contributed by atoms with Gasteiger partial charge in [-0.15, -0.1) is 0 Å². The van der Waals surface area contributed by atoms with Crippen molar-refractivity contribution in [3.05, 3.63) is 211 Å². The second kappa shape index (κ2) is 13.4. The second-order valence-electron chi connectivity index (χ2n) is 15.1. The number of nitrogens with zero attached hydrogens (tertiary/aromatic N) is 3. The van der Waals surface area contributed by atoms with Crippen LogP contribution in [0.1, 0.15) is 29.2 Å². The van der Waals surface area contributed by atoms with Gasteiger partial charge in [0, 0.05) is 46.0 Å². The summed E-state index contributed by atoms with van der Waals surface area (Å²) in [5.74, 6) is 1.79. The van der Waals surface area contributed by atoms with Crippen molar-refractivity contribution in [3.8, 4) is 33.8 Å². The van der Waals surface area contributed by atoms with Crippen molar-refractivity contribution in [2.75, 3.05) is 0 Å². The molecule has 0 saturated carbocycles. The zero-order valence-corrected chi connectivity index (χ0v) is 30.8. The molecule has 0 saturated heterocycles. The molecule has 3 atom stereocenters. The van der Waals surface area contributed by atoms with E-state index in [1.807, 2.05) is 18.3 Å². The summed E-state index contributed by atoms with van der Waals surface area (Å²) < 4.78 is 0. The Morgan fingerprint density at radius 2 is 1.27 bits per heavy atom. The van der Waals surface area contributed by atoms with Crippen LogP contribution in [0, 0.1) is 11.8 Å². The topological polar surface area (TPSA) is 38.7 Å². The molecule has 3 heteroatoms. The average Bonchev–Trinajstić information content (AvgIpc) is 3.28. The predicted molar refractivity (Wildman–Crippen MR) is 233 cm³/mol. The zero-order chi connectivity index (χ0) is 37.0. The van der Waals surface area contributed by atoms with Gasteiger partial charge in [0.15, 0.2) is 5.82 Å². The van der Waals surface area contributed by atoms with Gasteiger partial charge in [-0.3, -0.25) is 4.98 Å². The molecule has 0 fully saturated rings.